The Morgan fingerprint density at radius 3 is 2.93 bits per heavy atom. The first-order valence-corrected chi connectivity index (χ1v) is 9.72. The topological polar surface area (TPSA) is 78.6 Å². The summed E-state index contributed by atoms with van der Waals surface area (Å²) in [5.74, 6) is 2.20. The van der Waals surface area contributed by atoms with Gasteiger partial charge in [0.05, 0.1) is 25.0 Å². The van der Waals surface area contributed by atoms with E-state index < -0.39 is 0 Å². The molecular weight excluding hydrogens is 364 g/mol. The van der Waals surface area contributed by atoms with Gasteiger partial charge in [0.2, 0.25) is 5.16 Å². The lowest BCUT2D eigenvalue weighted by Crippen LogP contribution is -2.22. The van der Waals surface area contributed by atoms with E-state index in [0.717, 1.165) is 22.8 Å². The van der Waals surface area contributed by atoms with Crippen LogP contribution in [0.2, 0.25) is 0 Å². The fourth-order valence-electron chi connectivity index (χ4n) is 3.43. The lowest BCUT2D eigenvalue weighted by molar-refractivity contribution is 0.0961. The minimum absolute atomic E-state index is 0.0422. The van der Waals surface area contributed by atoms with Crippen molar-refractivity contribution in [3.63, 3.8) is 0 Å². The number of thioether (sulfide) groups is 1. The summed E-state index contributed by atoms with van der Waals surface area (Å²) in [6, 6.07) is 7.86. The largest absolute Gasteiger partial charge is 0.496 e. The lowest BCUT2D eigenvalue weighted by Gasteiger charge is -2.25. The van der Waals surface area contributed by atoms with Crippen LogP contribution in [0.15, 0.2) is 35.6 Å². The van der Waals surface area contributed by atoms with Crippen LogP contribution in [0.1, 0.15) is 34.0 Å². The maximum Gasteiger partial charge on any atom is 0.253 e. The molecule has 0 radical (unpaired) electrons. The summed E-state index contributed by atoms with van der Waals surface area (Å²) in [4.78, 5) is 21.6. The SMILES string of the molecule is COCCSc1nc2ncc3c(n2n1)CC(c1ccccc1OC)CC3=O. The Kier molecular flexibility index (Phi) is 5.09. The van der Waals surface area contributed by atoms with Gasteiger partial charge in [-0.05, 0) is 18.1 Å². The molecule has 7 nitrogen and oxygen atoms in total. The molecule has 0 spiro atoms. The Hall–Kier alpha value is -2.45. The van der Waals surface area contributed by atoms with Crippen molar-refractivity contribution in [2.24, 2.45) is 0 Å². The van der Waals surface area contributed by atoms with E-state index in [9.17, 15) is 4.79 Å². The molecule has 1 aliphatic rings. The number of rotatable bonds is 6. The zero-order valence-corrected chi connectivity index (χ0v) is 16.0. The predicted octanol–water partition coefficient (Wildman–Crippen LogP) is 2.78. The van der Waals surface area contributed by atoms with Crippen LogP contribution in [0.25, 0.3) is 5.78 Å². The van der Waals surface area contributed by atoms with Crippen LogP contribution in [0, 0.1) is 0 Å². The van der Waals surface area contributed by atoms with Gasteiger partial charge < -0.3 is 9.47 Å². The zero-order chi connectivity index (χ0) is 18.8. The summed E-state index contributed by atoms with van der Waals surface area (Å²) in [6.45, 7) is 0.625. The Morgan fingerprint density at radius 2 is 2.11 bits per heavy atom. The number of hydrogen-bond donors (Lipinski definition) is 0. The van der Waals surface area contributed by atoms with Crippen molar-refractivity contribution < 1.29 is 14.3 Å². The number of benzene rings is 1. The Labute approximate surface area is 161 Å². The molecular formula is C19H20N4O3S. The van der Waals surface area contributed by atoms with E-state index >= 15 is 0 Å². The van der Waals surface area contributed by atoms with Crippen molar-refractivity contribution >= 4 is 23.3 Å². The quantitative estimate of drug-likeness (QED) is 0.478. The number of nitrogens with zero attached hydrogens (tertiary/aromatic N) is 4. The third-order valence-corrected chi connectivity index (χ3v) is 5.52. The predicted molar refractivity (Wildman–Crippen MR) is 102 cm³/mol. The minimum Gasteiger partial charge on any atom is -0.496 e. The van der Waals surface area contributed by atoms with Crippen LogP contribution in [-0.4, -0.2) is 51.9 Å². The van der Waals surface area contributed by atoms with E-state index in [2.05, 4.69) is 15.1 Å². The maximum absolute atomic E-state index is 12.8. The molecule has 3 aromatic rings. The highest BCUT2D eigenvalue weighted by molar-refractivity contribution is 7.99. The van der Waals surface area contributed by atoms with Gasteiger partial charge in [0.15, 0.2) is 5.78 Å². The first kappa shape index (κ1) is 17.9. The van der Waals surface area contributed by atoms with E-state index in [1.807, 2.05) is 24.3 Å². The second-order valence-corrected chi connectivity index (χ2v) is 7.40. The molecule has 1 atom stereocenters. The highest BCUT2D eigenvalue weighted by atomic mass is 32.2. The molecule has 2 aromatic heterocycles. The van der Waals surface area contributed by atoms with Crippen molar-refractivity contribution in [3.05, 3.63) is 47.3 Å². The van der Waals surface area contributed by atoms with Gasteiger partial charge in [-0.1, -0.05) is 30.0 Å². The summed E-state index contributed by atoms with van der Waals surface area (Å²) in [6.07, 6.45) is 2.75. The summed E-state index contributed by atoms with van der Waals surface area (Å²) in [5, 5.41) is 5.21. The number of ketones is 1. The van der Waals surface area contributed by atoms with Crippen LogP contribution < -0.4 is 4.74 Å². The summed E-state index contributed by atoms with van der Waals surface area (Å²) in [7, 11) is 3.32. The maximum atomic E-state index is 12.8. The molecule has 2 heterocycles. The number of Topliss-reactive ketones (excluding diaryl/α,β-unsaturated/α-hetero) is 1. The van der Waals surface area contributed by atoms with E-state index in [1.54, 1.807) is 24.9 Å². The Bertz CT molecular complexity index is 988. The van der Waals surface area contributed by atoms with Crippen LogP contribution in [-0.2, 0) is 11.2 Å². The smallest absolute Gasteiger partial charge is 0.253 e. The van der Waals surface area contributed by atoms with Gasteiger partial charge in [-0.25, -0.2) is 4.98 Å². The van der Waals surface area contributed by atoms with Crippen LogP contribution >= 0.6 is 11.8 Å². The van der Waals surface area contributed by atoms with Crippen LogP contribution in [0.3, 0.4) is 0 Å². The molecule has 0 amide bonds. The fourth-order valence-corrected chi connectivity index (χ4v) is 4.15. The first-order chi connectivity index (χ1) is 13.2. The second kappa shape index (κ2) is 7.66. The van der Waals surface area contributed by atoms with Crippen molar-refractivity contribution in [2.75, 3.05) is 26.6 Å². The van der Waals surface area contributed by atoms with Crippen LogP contribution in [0.4, 0.5) is 0 Å². The number of methoxy groups -OCH3 is 2. The van der Waals surface area contributed by atoms with Gasteiger partial charge in [0, 0.05) is 31.4 Å². The molecule has 140 valence electrons. The molecule has 8 heteroatoms. The van der Waals surface area contributed by atoms with Crippen LogP contribution in [0.5, 0.6) is 5.75 Å². The molecule has 1 aliphatic carbocycles. The van der Waals surface area contributed by atoms with Gasteiger partial charge >= 0.3 is 0 Å². The molecule has 0 N–H and O–H groups in total. The third-order valence-electron chi connectivity index (χ3n) is 4.72. The number of carbonyl (C=O) groups is 1. The number of hydrogen-bond acceptors (Lipinski definition) is 7. The first-order valence-electron chi connectivity index (χ1n) is 8.73. The van der Waals surface area contributed by atoms with Crippen molar-refractivity contribution in [1.82, 2.24) is 19.6 Å². The Balaban J connectivity index is 1.71. The van der Waals surface area contributed by atoms with Gasteiger partial charge in [-0.15, -0.1) is 5.10 Å². The van der Waals surface area contributed by atoms with Crippen molar-refractivity contribution in [1.29, 1.82) is 0 Å². The number of ether oxygens (including phenoxy) is 2. The monoisotopic (exact) mass is 384 g/mol. The third kappa shape index (κ3) is 3.42. The summed E-state index contributed by atoms with van der Waals surface area (Å²) in [5.41, 5.74) is 2.53. The number of fused-ring (bicyclic) bond motifs is 3. The highest BCUT2D eigenvalue weighted by Crippen LogP contribution is 2.36. The zero-order valence-electron chi connectivity index (χ0n) is 15.2. The average molecular weight is 384 g/mol. The summed E-state index contributed by atoms with van der Waals surface area (Å²) < 4.78 is 12.3. The molecule has 0 bridgehead atoms. The van der Waals surface area contributed by atoms with Gasteiger partial charge in [-0.3, -0.25) is 4.79 Å². The molecule has 4 rings (SSSR count). The van der Waals surface area contributed by atoms with Crippen molar-refractivity contribution in [2.45, 2.75) is 23.9 Å². The lowest BCUT2D eigenvalue weighted by atomic mass is 9.82. The van der Waals surface area contributed by atoms with Gasteiger partial charge in [0.25, 0.3) is 5.78 Å². The van der Waals surface area contributed by atoms with E-state index in [0.29, 0.717) is 35.9 Å². The summed E-state index contributed by atoms with van der Waals surface area (Å²) >= 11 is 1.51. The number of carbonyl (C=O) groups excluding carboxylic acids is 1. The molecule has 1 aromatic carbocycles. The molecule has 1 unspecified atom stereocenters. The average Bonchev–Trinajstić information content (AvgIpc) is 3.11. The van der Waals surface area contributed by atoms with Crippen molar-refractivity contribution in [3.8, 4) is 5.75 Å². The molecule has 0 aliphatic heterocycles. The van der Waals surface area contributed by atoms with Gasteiger partial charge in [-0.2, -0.15) is 9.50 Å². The van der Waals surface area contributed by atoms with Gasteiger partial charge in [0.1, 0.15) is 5.75 Å². The van der Waals surface area contributed by atoms with E-state index in [1.165, 1.54) is 11.8 Å². The number of aromatic nitrogens is 4. The normalized spacial score (nSPS) is 16.5. The standard InChI is InChI=1S/C19H20N4O3S/c1-25-7-8-27-19-21-18-20-11-14-15(23(18)22-19)9-12(10-16(14)24)13-5-3-4-6-17(13)26-2/h3-6,11-12H,7-10H2,1-2H3. The molecule has 0 saturated carbocycles. The molecule has 27 heavy (non-hydrogen) atoms. The minimum atomic E-state index is 0.0422. The highest BCUT2D eigenvalue weighted by Gasteiger charge is 2.30. The van der Waals surface area contributed by atoms with E-state index in [4.69, 9.17) is 9.47 Å². The number of para-hydroxylation sites is 1. The molecule has 0 saturated heterocycles. The Morgan fingerprint density at radius 1 is 1.26 bits per heavy atom. The van der Waals surface area contributed by atoms with E-state index in [-0.39, 0.29) is 11.7 Å². The molecule has 0 fully saturated rings. The second-order valence-electron chi connectivity index (χ2n) is 6.34. The fraction of sp³-hybridized carbons (Fsp3) is 0.368.